The maximum atomic E-state index is 11.1. The molecule has 0 unspecified atom stereocenters. The Bertz CT molecular complexity index is 483. The van der Waals surface area contributed by atoms with Crippen molar-refractivity contribution in [2.24, 2.45) is 0 Å². The zero-order chi connectivity index (χ0) is 9.97. The van der Waals surface area contributed by atoms with Crippen LogP contribution in [0.2, 0.25) is 0 Å². The van der Waals surface area contributed by atoms with Crippen molar-refractivity contribution in [1.82, 2.24) is 15.3 Å². The molecule has 2 aromatic rings. The van der Waals surface area contributed by atoms with Gasteiger partial charge in [-0.25, -0.2) is 0 Å². The molecule has 4 nitrogen and oxygen atoms in total. The molecular weight excluding hydrogens is 178 g/mol. The number of aromatic amines is 2. The highest BCUT2D eigenvalue weighted by atomic mass is 16.1. The quantitative estimate of drug-likeness (QED) is 0.666. The first-order valence-electron chi connectivity index (χ1n) is 4.64. The van der Waals surface area contributed by atoms with Crippen molar-refractivity contribution in [1.29, 1.82) is 0 Å². The fourth-order valence-electron chi connectivity index (χ4n) is 1.57. The summed E-state index contributed by atoms with van der Waals surface area (Å²) in [6, 6.07) is 1.64. The zero-order valence-electron chi connectivity index (χ0n) is 8.05. The van der Waals surface area contributed by atoms with E-state index in [0.717, 1.165) is 23.9 Å². The smallest absolute Gasteiger partial charge is 0.248 e. The summed E-state index contributed by atoms with van der Waals surface area (Å²) in [5.41, 5.74) is 2.11. The minimum absolute atomic E-state index is 0.0530. The van der Waals surface area contributed by atoms with E-state index in [9.17, 15) is 4.79 Å². The van der Waals surface area contributed by atoms with Gasteiger partial charge in [-0.05, 0) is 25.6 Å². The molecule has 4 heteroatoms. The predicted molar refractivity (Wildman–Crippen MR) is 56.6 cm³/mol. The summed E-state index contributed by atoms with van der Waals surface area (Å²) in [6.45, 7) is 0.916. The maximum absolute atomic E-state index is 11.1. The lowest BCUT2D eigenvalue weighted by molar-refractivity contribution is 0.795. The van der Waals surface area contributed by atoms with Crippen molar-refractivity contribution >= 4 is 10.9 Å². The molecule has 2 rings (SSSR count). The van der Waals surface area contributed by atoms with E-state index in [2.05, 4.69) is 15.3 Å². The standard InChI is InChI=1S/C10H13N3O/c1-11-3-2-7-5-12-9-6-13-10(14)4-8(7)9/h4-6,11-12H,2-3H2,1H3,(H,13,14). The van der Waals surface area contributed by atoms with Crippen molar-refractivity contribution in [3.63, 3.8) is 0 Å². The van der Waals surface area contributed by atoms with Crippen molar-refractivity contribution in [2.45, 2.75) is 6.42 Å². The van der Waals surface area contributed by atoms with Gasteiger partial charge in [0.15, 0.2) is 0 Å². The maximum Gasteiger partial charge on any atom is 0.248 e. The van der Waals surface area contributed by atoms with Crippen LogP contribution in [0.5, 0.6) is 0 Å². The second kappa shape index (κ2) is 3.67. The number of pyridine rings is 1. The Morgan fingerprint density at radius 3 is 3.00 bits per heavy atom. The minimum Gasteiger partial charge on any atom is -0.360 e. The van der Waals surface area contributed by atoms with Crippen LogP contribution in [0.1, 0.15) is 5.56 Å². The highest BCUT2D eigenvalue weighted by Crippen LogP contribution is 2.15. The summed E-state index contributed by atoms with van der Waals surface area (Å²) in [6.07, 6.45) is 4.59. The number of hydrogen-bond acceptors (Lipinski definition) is 2. The van der Waals surface area contributed by atoms with E-state index >= 15 is 0 Å². The topological polar surface area (TPSA) is 60.7 Å². The molecule has 0 aliphatic carbocycles. The van der Waals surface area contributed by atoms with E-state index in [0.29, 0.717) is 0 Å². The second-order valence-corrected chi connectivity index (χ2v) is 3.29. The number of likely N-dealkylation sites (N-methyl/N-ethyl adjacent to an activating group) is 1. The number of fused-ring (bicyclic) bond motifs is 1. The van der Waals surface area contributed by atoms with Crippen LogP contribution in [0, 0.1) is 0 Å². The Balaban J connectivity index is 2.45. The molecule has 0 amide bonds. The molecule has 0 aromatic carbocycles. The number of H-pyrrole nitrogens is 2. The summed E-state index contributed by atoms with van der Waals surface area (Å²) in [7, 11) is 1.92. The summed E-state index contributed by atoms with van der Waals surface area (Å²) in [4.78, 5) is 16.9. The molecule has 74 valence electrons. The minimum atomic E-state index is -0.0530. The SMILES string of the molecule is CNCCc1c[nH]c2c[nH]c(=O)cc12. The molecule has 0 spiro atoms. The third-order valence-electron chi connectivity index (χ3n) is 2.32. The van der Waals surface area contributed by atoms with E-state index < -0.39 is 0 Å². The van der Waals surface area contributed by atoms with Crippen LogP contribution in [0.3, 0.4) is 0 Å². The average Bonchev–Trinajstić information content (AvgIpc) is 2.57. The molecule has 0 saturated carbocycles. The first-order chi connectivity index (χ1) is 6.81. The lowest BCUT2D eigenvalue weighted by Crippen LogP contribution is -2.10. The van der Waals surface area contributed by atoms with Crippen LogP contribution in [0.15, 0.2) is 23.3 Å². The Kier molecular flexibility index (Phi) is 2.37. The van der Waals surface area contributed by atoms with Gasteiger partial charge in [-0.2, -0.15) is 0 Å². The van der Waals surface area contributed by atoms with Gasteiger partial charge >= 0.3 is 0 Å². The lowest BCUT2D eigenvalue weighted by Gasteiger charge is -1.97. The van der Waals surface area contributed by atoms with E-state index in [1.54, 1.807) is 12.3 Å². The summed E-state index contributed by atoms with van der Waals surface area (Å²) in [5.74, 6) is 0. The van der Waals surface area contributed by atoms with Gasteiger partial charge < -0.3 is 15.3 Å². The largest absolute Gasteiger partial charge is 0.360 e. The number of aromatic nitrogens is 2. The number of nitrogens with one attached hydrogen (secondary N) is 3. The molecule has 0 fully saturated rings. The second-order valence-electron chi connectivity index (χ2n) is 3.29. The van der Waals surface area contributed by atoms with Gasteiger partial charge in [0.05, 0.1) is 5.52 Å². The van der Waals surface area contributed by atoms with Gasteiger partial charge in [0.1, 0.15) is 0 Å². The van der Waals surface area contributed by atoms with Crippen LogP contribution in [-0.4, -0.2) is 23.6 Å². The van der Waals surface area contributed by atoms with Crippen molar-refractivity contribution in [3.05, 3.63) is 34.4 Å². The molecule has 2 aromatic heterocycles. The van der Waals surface area contributed by atoms with Crippen molar-refractivity contribution in [2.75, 3.05) is 13.6 Å². The van der Waals surface area contributed by atoms with Gasteiger partial charge in [0.25, 0.3) is 0 Å². The van der Waals surface area contributed by atoms with Crippen LogP contribution >= 0.6 is 0 Å². The fraction of sp³-hybridized carbons (Fsp3) is 0.300. The zero-order valence-corrected chi connectivity index (χ0v) is 8.05. The predicted octanol–water partition coefficient (Wildman–Crippen LogP) is 0.618. The highest BCUT2D eigenvalue weighted by molar-refractivity contribution is 5.82. The molecular formula is C10H13N3O. The van der Waals surface area contributed by atoms with Crippen molar-refractivity contribution < 1.29 is 0 Å². The molecule has 0 saturated heterocycles. The van der Waals surface area contributed by atoms with Gasteiger partial charge in [-0.3, -0.25) is 4.79 Å². The van der Waals surface area contributed by atoms with Crippen LogP contribution in [0.25, 0.3) is 10.9 Å². The number of rotatable bonds is 3. The van der Waals surface area contributed by atoms with E-state index in [4.69, 9.17) is 0 Å². The molecule has 0 aliphatic rings. The van der Waals surface area contributed by atoms with Crippen LogP contribution < -0.4 is 10.9 Å². The van der Waals surface area contributed by atoms with Crippen LogP contribution in [-0.2, 0) is 6.42 Å². The Labute approximate surface area is 81.3 Å². The molecule has 14 heavy (non-hydrogen) atoms. The average molecular weight is 191 g/mol. The van der Waals surface area contributed by atoms with Gasteiger partial charge in [0, 0.05) is 23.8 Å². The van der Waals surface area contributed by atoms with E-state index in [-0.39, 0.29) is 5.56 Å². The normalized spacial score (nSPS) is 10.9. The van der Waals surface area contributed by atoms with Crippen LogP contribution in [0.4, 0.5) is 0 Å². The van der Waals surface area contributed by atoms with Crippen molar-refractivity contribution in [3.8, 4) is 0 Å². The number of hydrogen-bond donors (Lipinski definition) is 3. The van der Waals surface area contributed by atoms with Gasteiger partial charge in [-0.1, -0.05) is 0 Å². The third-order valence-corrected chi connectivity index (χ3v) is 2.32. The van der Waals surface area contributed by atoms with E-state index in [1.165, 1.54) is 5.56 Å². The van der Waals surface area contributed by atoms with Gasteiger partial charge in [0.2, 0.25) is 5.56 Å². The Hall–Kier alpha value is -1.55. The molecule has 0 bridgehead atoms. The molecule has 0 aliphatic heterocycles. The summed E-state index contributed by atoms with van der Waals surface area (Å²) in [5, 5.41) is 4.10. The summed E-state index contributed by atoms with van der Waals surface area (Å²) < 4.78 is 0. The Morgan fingerprint density at radius 1 is 1.36 bits per heavy atom. The monoisotopic (exact) mass is 191 g/mol. The first-order valence-corrected chi connectivity index (χ1v) is 4.64. The summed E-state index contributed by atoms with van der Waals surface area (Å²) >= 11 is 0. The lowest BCUT2D eigenvalue weighted by atomic mass is 10.1. The highest BCUT2D eigenvalue weighted by Gasteiger charge is 2.02. The molecule has 2 heterocycles. The third kappa shape index (κ3) is 1.56. The van der Waals surface area contributed by atoms with E-state index in [1.807, 2.05) is 13.2 Å². The fourth-order valence-corrected chi connectivity index (χ4v) is 1.57. The first kappa shape index (κ1) is 9.02. The molecule has 0 atom stereocenters. The Morgan fingerprint density at radius 2 is 2.21 bits per heavy atom. The molecule has 0 radical (unpaired) electrons. The van der Waals surface area contributed by atoms with Gasteiger partial charge in [-0.15, -0.1) is 0 Å². The molecule has 3 N–H and O–H groups in total.